The van der Waals surface area contributed by atoms with Gasteiger partial charge >= 0.3 is 0 Å². The van der Waals surface area contributed by atoms with Crippen LogP contribution in [-0.4, -0.2) is 19.2 Å². The van der Waals surface area contributed by atoms with E-state index < -0.39 is 5.60 Å². The molecule has 0 aromatic heterocycles. The molecule has 0 bridgehead atoms. The minimum absolute atomic E-state index is 0.289. The molecule has 0 radical (unpaired) electrons. The second-order valence-corrected chi connectivity index (χ2v) is 5.80. The second kappa shape index (κ2) is 6.19. The Bertz CT molecular complexity index is 478. The first-order valence-corrected chi connectivity index (χ1v) is 7.29. The van der Waals surface area contributed by atoms with Crippen LogP contribution in [0.1, 0.15) is 44.2 Å². The molecular weight excluding hydrogens is 260 g/mol. The molecule has 1 aliphatic heterocycles. The molecule has 2 unspecified atom stereocenters. The highest BCUT2D eigenvalue weighted by atomic mass is 19.1. The largest absolute Gasteiger partial charge is 0.370 e. The molecule has 1 aromatic rings. The Morgan fingerprint density at radius 1 is 1.35 bits per heavy atom. The molecular formula is C16H23F2NO. The predicted octanol–water partition coefficient (Wildman–Crippen LogP) is 3.67. The first-order valence-electron chi connectivity index (χ1n) is 7.29. The van der Waals surface area contributed by atoms with E-state index in [0.29, 0.717) is 24.2 Å². The average molecular weight is 283 g/mol. The van der Waals surface area contributed by atoms with Crippen molar-refractivity contribution in [2.45, 2.75) is 51.7 Å². The number of halogens is 2. The third-order valence-corrected chi connectivity index (χ3v) is 4.02. The lowest BCUT2D eigenvalue weighted by molar-refractivity contribution is -0.0833. The highest BCUT2D eigenvalue weighted by Gasteiger charge is 2.37. The monoisotopic (exact) mass is 283 g/mol. The summed E-state index contributed by atoms with van der Waals surface area (Å²) in [5.41, 5.74) is -0.114. The van der Waals surface area contributed by atoms with E-state index in [4.69, 9.17) is 4.74 Å². The lowest BCUT2D eigenvalue weighted by Crippen LogP contribution is -2.44. The summed E-state index contributed by atoms with van der Waals surface area (Å²) in [5, 5.41) is 3.45. The van der Waals surface area contributed by atoms with Crippen LogP contribution in [0.4, 0.5) is 8.78 Å². The third-order valence-electron chi connectivity index (χ3n) is 4.02. The Balaban J connectivity index is 2.23. The molecule has 20 heavy (non-hydrogen) atoms. The van der Waals surface area contributed by atoms with Gasteiger partial charge in [0.2, 0.25) is 0 Å². The Morgan fingerprint density at radius 2 is 2.10 bits per heavy atom. The van der Waals surface area contributed by atoms with Crippen molar-refractivity contribution < 1.29 is 13.5 Å². The van der Waals surface area contributed by atoms with E-state index in [1.807, 2.05) is 6.92 Å². The first-order chi connectivity index (χ1) is 9.46. The van der Waals surface area contributed by atoms with Crippen LogP contribution >= 0.6 is 0 Å². The maximum Gasteiger partial charge on any atom is 0.129 e. The van der Waals surface area contributed by atoms with Crippen molar-refractivity contribution >= 4 is 0 Å². The van der Waals surface area contributed by atoms with Gasteiger partial charge in [0.25, 0.3) is 0 Å². The van der Waals surface area contributed by atoms with E-state index >= 15 is 0 Å². The van der Waals surface area contributed by atoms with E-state index in [-0.39, 0.29) is 17.7 Å². The molecule has 1 aliphatic rings. The van der Waals surface area contributed by atoms with Crippen molar-refractivity contribution in [1.82, 2.24) is 5.32 Å². The summed E-state index contributed by atoms with van der Waals surface area (Å²) >= 11 is 0. The summed E-state index contributed by atoms with van der Waals surface area (Å²) in [6, 6.07) is 2.83. The smallest absolute Gasteiger partial charge is 0.129 e. The quantitative estimate of drug-likeness (QED) is 0.910. The lowest BCUT2D eigenvalue weighted by atomic mass is 9.85. The van der Waals surface area contributed by atoms with E-state index in [9.17, 15) is 8.78 Å². The van der Waals surface area contributed by atoms with Crippen LogP contribution in [-0.2, 0) is 10.3 Å². The van der Waals surface area contributed by atoms with Crippen molar-refractivity contribution in [2.75, 3.05) is 13.2 Å². The minimum atomic E-state index is -0.762. The normalized spacial score (nSPS) is 26.8. The number of benzene rings is 1. The first kappa shape index (κ1) is 15.4. The van der Waals surface area contributed by atoms with Crippen LogP contribution in [0, 0.1) is 18.6 Å². The summed E-state index contributed by atoms with van der Waals surface area (Å²) in [5.74, 6) is -0.766. The van der Waals surface area contributed by atoms with E-state index in [2.05, 4.69) is 12.2 Å². The van der Waals surface area contributed by atoms with Crippen molar-refractivity contribution in [1.29, 1.82) is 0 Å². The summed E-state index contributed by atoms with van der Waals surface area (Å²) in [6.45, 7) is 7.02. The second-order valence-electron chi connectivity index (χ2n) is 5.80. The summed E-state index contributed by atoms with van der Waals surface area (Å²) in [7, 11) is 0. The number of aryl methyl sites for hydroxylation is 1. The van der Waals surface area contributed by atoms with Gasteiger partial charge < -0.3 is 10.1 Å². The van der Waals surface area contributed by atoms with Gasteiger partial charge in [-0.3, -0.25) is 0 Å². The van der Waals surface area contributed by atoms with Crippen LogP contribution in [0.25, 0.3) is 0 Å². The van der Waals surface area contributed by atoms with E-state index in [0.717, 1.165) is 19.4 Å². The molecule has 1 heterocycles. The van der Waals surface area contributed by atoms with Gasteiger partial charge in [0, 0.05) is 18.2 Å². The van der Waals surface area contributed by atoms with Crippen molar-refractivity contribution in [3.05, 3.63) is 34.9 Å². The summed E-state index contributed by atoms with van der Waals surface area (Å²) in [6.07, 6.45) is 2.62. The van der Waals surface area contributed by atoms with Gasteiger partial charge in [0.05, 0.1) is 5.60 Å². The topological polar surface area (TPSA) is 21.3 Å². The van der Waals surface area contributed by atoms with Crippen LogP contribution in [0.5, 0.6) is 0 Å². The predicted molar refractivity (Wildman–Crippen MR) is 75.7 cm³/mol. The van der Waals surface area contributed by atoms with Gasteiger partial charge in [0.1, 0.15) is 11.6 Å². The molecule has 0 spiro atoms. The highest BCUT2D eigenvalue weighted by molar-refractivity contribution is 5.30. The number of rotatable bonds is 4. The van der Waals surface area contributed by atoms with Gasteiger partial charge in [-0.15, -0.1) is 0 Å². The zero-order chi connectivity index (χ0) is 14.8. The van der Waals surface area contributed by atoms with Gasteiger partial charge in [-0.2, -0.15) is 0 Å². The Kier molecular flexibility index (Phi) is 4.76. The molecule has 0 aliphatic carbocycles. The molecule has 2 atom stereocenters. The number of hydrogen-bond donors (Lipinski definition) is 1. The van der Waals surface area contributed by atoms with E-state index in [1.165, 1.54) is 12.1 Å². The van der Waals surface area contributed by atoms with Crippen LogP contribution in [0.3, 0.4) is 0 Å². The molecule has 1 N–H and O–H groups in total. The number of nitrogens with one attached hydrogen (secondary N) is 1. The van der Waals surface area contributed by atoms with E-state index in [1.54, 1.807) is 6.92 Å². The average Bonchev–Trinajstić information content (AvgIpc) is 2.40. The maximum atomic E-state index is 14.2. The van der Waals surface area contributed by atoms with Crippen LogP contribution in [0.2, 0.25) is 0 Å². The molecule has 0 amide bonds. The van der Waals surface area contributed by atoms with Gasteiger partial charge in [-0.05, 0) is 57.4 Å². The highest BCUT2D eigenvalue weighted by Crippen LogP contribution is 2.37. The summed E-state index contributed by atoms with van der Waals surface area (Å²) < 4.78 is 33.7. The zero-order valence-electron chi connectivity index (χ0n) is 12.4. The number of ether oxygens (including phenoxy) is 1. The zero-order valence-corrected chi connectivity index (χ0v) is 12.4. The SMILES string of the molecule is CCCNC1CCOC(C)(c2cc(F)c(C)cc2F)C1. The van der Waals surface area contributed by atoms with Crippen molar-refractivity contribution in [3.63, 3.8) is 0 Å². The maximum absolute atomic E-state index is 14.2. The molecule has 1 saturated heterocycles. The molecule has 112 valence electrons. The number of hydrogen-bond acceptors (Lipinski definition) is 2. The summed E-state index contributed by atoms with van der Waals surface area (Å²) in [4.78, 5) is 0. The van der Waals surface area contributed by atoms with Gasteiger partial charge in [0.15, 0.2) is 0 Å². The molecule has 4 heteroatoms. The van der Waals surface area contributed by atoms with Crippen LogP contribution in [0.15, 0.2) is 12.1 Å². The Morgan fingerprint density at radius 3 is 2.80 bits per heavy atom. The molecule has 2 nitrogen and oxygen atoms in total. The fourth-order valence-electron chi connectivity index (χ4n) is 2.82. The molecule has 1 aromatic carbocycles. The standard InChI is InChI=1S/C16H23F2NO/c1-4-6-19-12-5-7-20-16(3,10-12)13-9-14(17)11(2)8-15(13)18/h8-9,12,19H,4-7,10H2,1-3H3. The van der Waals surface area contributed by atoms with Gasteiger partial charge in [-0.25, -0.2) is 8.78 Å². The fraction of sp³-hybridized carbons (Fsp3) is 0.625. The lowest BCUT2D eigenvalue weighted by Gasteiger charge is -2.39. The minimum Gasteiger partial charge on any atom is -0.370 e. The van der Waals surface area contributed by atoms with Crippen molar-refractivity contribution in [3.8, 4) is 0 Å². The molecule has 1 fully saturated rings. The Hall–Kier alpha value is -1.00. The Labute approximate surface area is 119 Å². The molecule has 0 saturated carbocycles. The van der Waals surface area contributed by atoms with Gasteiger partial charge in [-0.1, -0.05) is 6.92 Å². The molecule has 2 rings (SSSR count). The van der Waals surface area contributed by atoms with Crippen molar-refractivity contribution in [2.24, 2.45) is 0 Å². The fourth-order valence-corrected chi connectivity index (χ4v) is 2.82. The third kappa shape index (κ3) is 3.18. The van der Waals surface area contributed by atoms with Crippen LogP contribution < -0.4 is 5.32 Å².